The van der Waals surface area contributed by atoms with Crippen LogP contribution in [0.25, 0.3) is 22.3 Å². The van der Waals surface area contributed by atoms with Crippen LogP contribution >= 0.6 is 0 Å². The van der Waals surface area contributed by atoms with Crippen LogP contribution in [0.5, 0.6) is 5.88 Å². The molecular formula is C39H45F2N3O7. The first-order valence-corrected chi connectivity index (χ1v) is 17.8. The van der Waals surface area contributed by atoms with E-state index in [1.807, 2.05) is 48.5 Å². The monoisotopic (exact) mass is 705 g/mol. The number of hydrogen-bond donors (Lipinski definition) is 1. The van der Waals surface area contributed by atoms with Gasteiger partial charge in [0.25, 0.3) is 0 Å². The summed E-state index contributed by atoms with van der Waals surface area (Å²) in [5, 5.41) is 10.2. The van der Waals surface area contributed by atoms with Crippen molar-refractivity contribution in [3.8, 4) is 17.1 Å². The van der Waals surface area contributed by atoms with Crippen LogP contribution in [0.3, 0.4) is 0 Å². The molecule has 0 spiro atoms. The predicted molar refractivity (Wildman–Crippen MR) is 184 cm³/mol. The molecule has 1 N–H and O–H groups in total. The molecule has 0 bridgehead atoms. The fraction of sp³-hybridized carbons (Fsp3) is 0.538. The van der Waals surface area contributed by atoms with Crippen LogP contribution in [0.15, 0.2) is 54.6 Å². The first-order valence-electron chi connectivity index (χ1n) is 17.8. The summed E-state index contributed by atoms with van der Waals surface area (Å²) in [5.74, 6) is -7.43. The number of amides is 1. The van der Waals surface area contributed by atoms with Crippen molar-refractivity contribution in [2.45, 2.75) is 109 Å². The van der Waals surface area contributed by atoms with Crippen molar-refractivity contribution >= 4 is 34.7 Å². The van der Waals surface area contributed by atoms with Crippen LogP contribution in [-0.4, -0.2) is 73.8 Å². The molecule has 6 rings (SSSR count). The number of esters is 1. The summed E-state index contributed by atoms with van der Waals surface area (Å²) in [5.41, 5.74) is 0.0641. The van der Waals surface area contributed by atoms with Gasteiger partial charge in [0, 0.05) is 37.2 Å². The van der Waals surface area contributed by atoms with E-state index in [2.05, 4.69) is 0 Å². The van der Waals surface area contributed by atoms with E-state index in [-0.39, 0.29) is 44.5 Å². The number of fused-ring (bicyclic) bond motifs is 3. The van der Waals surface area contributed by atoms with E-state index < -0.39 is 83.8 Å². The largest absolute Gasteiger partial charge is 0.481 e. The van der Waals surface area contributed by atoms with Gasteiger partial charge in [0.1, 0.15) is 17.4 Å². The Morgan fingerprint density at radius 1 is 0.961 bits per heavy atom. The van der Waals surface area contributed by atoms with Crippen molar-refractivity contribution in [3.05, 3.63) is 54.6 Å². The molecule has 0 radical (unpaired) electrons. The second-order valence-corrected chi connectivity index (χ2v) is 15.4. The summed E-state index contributed by atoms with van der Waals surface area (Å²) < 4.78 is 42.1. The molecule has 12 heteroatoms. The lowest BCUT2D eigenvalue weighted by Crippen LogP contribution is -2.45. The lowest BCUT2D eigenvalue weighted by atomic mass is 9.90. The summed E-state index contributed by atoms with van der Waals surface area (Å²) in [6, 6.07) is 15.6. The number of ketones is 1. The molecule has 3 aliphatic rings. The van der Waals surface area contributed by atoms with Crippen molar-refractivity contribution in [1.82, 2.24) is 14.9 Å². The number of nitrogens with zero attached hydrogens (tertiary/aromatic N) is 3. The molecule has 1 aliphatic carbocycles. The first-order chi connectivity index (χ1) is 24.1. The van der Waals surface area contributed by atoms with Gasteiger partial charge in [-0.1, -0.05) is 55.3 Å². The minimum Gasteiger partial charge on any atom is -0.481 e. The van der Waals surface area contributed by atoms with Crippen LogP contribution in [0.1, 0.15) is 85.0 Å². The molecule has 10 nitrogen and oxygen atoms in total. The van der Waals surface area contributed by atoms with Gasteiger partial charge in [0.2, 0.25) is 17.7 Å². The SMILES string of the molecule is CC(C)(C)OC(=O)C[C@H]1CCCCCC(F)(F)C[C@@H]2C[C@@]2(C(=O)O)CC(=O)[C@@H]2C[C@@H](Oc3nc4ccccc4nc3-c3ccccc3)CN2C1=O. The highest BCUT2D eigenvalue weighted by molar-refractivity contribution is 5.95. The van der Waals surface area contributed by atoms with Gasteiger partial charge in [-0.3, -0.25) is 19.2 Å². The van der Waals surface area contributed by atoms with Gasteiger partial charge in [-0.05, 0) is 58.1 Å². The van der Waals surface area contributed by atoms with Crippen LogP contribution in [0, 0.1) is 17.3 Å². The van der Waals surface area contributed by atoms with Gasteiger partial charge in [-0.2, -0.15) is 0 Å². The highest BCUT2D eigenvalue weighted by Gasteiger charge is 2.64. The number of carbonyl (C=O) groups is 4. The number of para-hydroxylation sites is 2. The van der Waals surface area contributed by atoms with Crippen molar-refractivity contribution < 1.29 is 42.5 Å². The average Bonchev–Trinajstić information content (AvgIpc) is 3.56. The third kappa shape index (κ3) is 8.37. The molecule has 2 saturated heterocycles. The number of benzene rings is 2. The highest BCUT2D eigenvalue weighted by Crippen LogP contribution is 2.60. The Hall–Kier alpha value is -4.48. The van der Waals surface area contributed by atoms with E-state index in [1.54, 1.807) is 26.8 Å². The number of carboxylic acids is 1. The van der Waals surface area contributed by atoms with Crippen LogP contribution in [0.4, 0.5) is 8.78 Å². The number of aromatic nitrogens is 2. The number of carbonyl (C=O) groups excluding carboxylic acids is 3. The van der Waals surface area contributed by atoms with Crippen LogP contribution in [-0.2, 0) is 23.9 Å². The van der Waals surface area contributed by atoms with Crippen LogP contribution in [0.2, 0.25) is 0 Å². The molecule has 0 unspecified atom stereocenters. The molecule has 272 valence electrons. The topological polar surface area (TPSA) is 136 Å². The van der Waals surface area contributed by atoms with Crippen LogP contribution < -0.4 is 4.74 Å². The minimum atomic E-state index is -3.08. The van der Waals surface area contributed by atoms with E-state index in [1.165, 1.54) is 4.90 Å². The second kappa shape index (κ2) is 14.3. The standard InChI is InChI=1S/C39H45F2N3O7/c1-37(2,3)51-32(46)18-25-14-8-5-11-17-39(40,41)21-26-20-38(26,36(48)49)22-31(45)30-19-27(23-44(30)35(25)47)50-34-33(24-12-6-4-7-13-24)42-28-15-9-10-16-29(28)43-34/h4,6-7,9-10,12-13,15-16,25-27,30H,5,8,11,14,17-23H2,1-3H3,(H,48,49)/t25-,26+,27-,30+,38-/m1/s1. The first kappa shape index (κ1) is 36.3. The smallest absolute Gasteiger partial charge is 0.310 e. The quantitative estimate of drug-likeness (QED) is 0.268. The number of hydrogen-bond acceptors (Lipinski definition) is 8. The summed E-state index contributed by atoms with van der Waals surface area (Å²) in [7, 11) is 0. The van der Waals surface area contributed by atoms with E-state index in [0.717, 1.165) is 5.56 Å². The fourth-order valence-corrected chi connectivity index (χ4v) is 7.62. The summed E-state index contributed by atoms with van der Waals surface area (Å²) in [4.78, 5) is 65.1. The summed E-state index contributed by atoms with van der Waals surface area (Å²) in [6.07, 6.45) is -1.23. The second-order valence-electron chi connectivity index (χ2n) is 15.4. The van der Waals surface area contributed by atoms with Crippen molar-refractivity contribution in [3.63, 3.8) is 0 Å². The van der Waals surface area contributed by atoms with Gasteiger partial charge in [-0.15, -0.1) is 0 Å². The zero-order valence-electron chi connectivity index (χ0n) is 29.3. The Balaban J connectivity index is 1.34. The number of halogens is 2. The number of Topliss-reactive ketones (excluding diaryl/α,β-unsaturated/α-hetero) is 1. The maximum Gasteiger partial charge on any atom is 0.310 e. The van der Waals surface area contributed by atoms with Gasteiger partial charge >= 0.3 is 11.9 Å². The Bertz CT molecular complexity index is 1800. The van der Waals surface area contributed by atoms with Gasteiger partial charge < -0.3 is 19.5 Å². The Labute approximate surface area is 295 Å². The van der Waals surface area contributed by atoms with E-state index in [4.69, 9.17) is 19.4 Å². The highest BCUT2D eigenvalue weighted by atomic mass is 19.3. The Kier molecular flexibility index (Phi) is 10.2. The normalized spacial score (nSPS) is 27.1. The zero-order chi connectivity index (χ0) is 36.6. The lowest BCUT2D eigenvalue weighted by Gasteiger charge is -2.29. The van der Waals surface area contributed by atoms with E-state index in [9.17, 15) is 24.3 Å². The van der Waals surface area contributed by atoms with Gasteiger partial charge in [-0.25, -0.2) is 18.7 Å². The number of rotatable bonds is 6. The molecule has 51 heavy (non-hydrogen) atoms. The number of ether oxygens (including phenoxy) is 2. The molecule has 1 saturated carbocycles. The number of carboxylic acid groups (broad SMARTS) is 1. The fourth-order valence-electron chi connectivity index (χ4n) is 7.62. The van der Waals surface area contributed by atoms with E-state index >= 15 is 8.78 Å². The molecule has 2 aliphatic heterocycles. The van der Waals surface area contributed by atoms with Crippen molar-refractivity contribution in [1.29, 1.82) is 0 Å². The lowest BCUT2D eigenvalue weighted by molar-refractivity contribution is -0.159. The average molecular weight is 706 g/mol. The molecule has 1 amide bonds. The van der Waals surface area contributed by atoms with Crippen molar-refractivity contribution in [2.75, 3.05) is 6.54 Å². The minimum absolute atomic E-state index is 0.0234. The van der Waals surface area contributed by atoms with Gasteiger partial charge in [0.05, 0.1) is 35.5 Å². The third-order valence-electron chi connectivity index (χ3n) is 10.3. The molecule has 3 fully saturated rings. The Morgan fingerprint density at radius 2 is 1.65 bits per heavy atom. The van der Waals surface area contributed by atoms with Gasteiger partial charge in [0.15, 0.2) is 5.78 Å². The molecule has 5 atom stereocenters. The molecule has 1 aromatic heterocycles. The molecule has 3 heterocycles. The molecule has 2 aromatic carbocycles. The zero-order valence-corrected chi connectivity index (χ0v) is 29.3. The molecule has 3 aromatic rings. The maximum atomic E-state index is 15.0. The number of alkyl halides is 2. The summed E-state index contributed by atoms with van der Waals surface area (Å²) in [6.45, 7) is 5.15. The number of aliphatic carboxylic acids is 1. The Morgan fingerprint density at radius 3 is 2.33 bits per heavy atom. The maximum absolute atomic E-state index is 15.0. The third-order valence-corrected chi connectivity index (χ3v) is 10.3. The molecular weight excluding hydrogens is 660 g/mol. The van der Waals surface area contributed by atoms with Crippen molar-refractivity contribution in [2.24, 2.45) is 17.3 Å². The predicted octanol–water partition coefficient (Wildman–Crippen LogP) is 7.03. The summed E-state index contributed by atoms with van der Waals surface area (Å²) >= 11 is 0. The van der Waals surface area contributed by atoms with E-state index in [0.29, 0.717) is 29.6 Å².